The fourth-order valence-electron chi connectivity index (χ4n) is 2.98. The highest BCUT2D eigenvalue weighted by atomic mass is 32.2. The maximum Gasteiger partial charge on any atom is 0.257 e. The van der Waals surface area contributed by atoms with Crippen molar-refractivity contribution < 1.29 is 13.2 Å². The van der Waals surface area contributed by atoms with Gasteiger partial charge in [0.1, 0.15) is 0 Å². The van der Waals surface area contributed by atoms with Crippen LogP contribution >= 0.6 is 0 Å². The second kappa shape index (κ2) is 7.41. The second-order valence-electron chi connectivity index (χ2n) is 6.54. The lowest BCUT2D eigenvalue weighted by atomic mass is 10.1. The molecule has 0 saturated carbocycles. The van der Waals surface area contributed by atoms with Crippen LogP contribution in [0.1, 0.15) is 35.3 Å². The summed E-state index contributed by atoms with van der Waals surface area (Å²) in [5.74, 6) is 0.315. The molecule has 1 amide bonds. The van der Waals surface area contributed by atoms with Crippen molar-refractivity contribution in [3.8, 4) is 0 Å². The largest absolute Gasteiger partial charge is 0.348 e. The van der Waals surface area contributed by atoms with E-state index in [0.717, 1.165) is 5.56 Å². The normalized spacial score (nSPS) is 19.7. The summed E-state index contributed by atoms with van der Waals surface area (Å²) in [6.45, 7) is 2.01. The summed E-state index contributed by atoms with van der Waals surface area (Å²) >= 11 is 0. The highest BCUT2D eigenvalue weighted by Gasteiger charge is 2.33. The number of sulfone groups is 1. The van der Waals surface area contributed by atoms with Gasteiger partial charge in [-0.15, -0.1) is 0 Å². The van der Waals surface area contributed by atoms with Crippen LogP contribution in [0.25, 0.3) is 0 Å². The lowest BCUT2D eigenvalue weighted by molar-refractivity contribution is 0.0747. The molecule has 7 nitrogen and oxygen atoms in total. The van der Waals surface area contributed by atoms with Gasteiger partial charge in [-0.1, -0.05) is 30.3 Å². The number of amides is 1. The molecule has 0 spiro atoms. The second-order valence-corrected chi connectivity index (χ2v) is 8.77. The predicted octanol–water partition coefficient (Wildman–Crippen LogP) is 1.91. The van der Waals surface area contributed by atoms with Gasteiger partial charge < -0.3 is 10.2 Å². The zero-order valence-corrected chi connectivity index (χ0v) is 15.6. The van der Waals surface area contributed by atoms with Crippen LogP contribution in [0.2, 0.25) is 0 Å². The number of hydrogen-bond donors (Lipinski definition) is 1. The van der Waals surface area contributed by atoms with Gasteiger partial charge in [-0.2, -0.15) is 0 Å². The molecule has 1 N–H and O–H groups in total. The van der Waals surface area contributed by atoms with Gasteiger partial charge in [0.25, 0.3) is 5.91 Å². The van der Waals surface area contributed by atoms with Gasteiger partial charge in [-0.05, 0) is 18.9 Å². The van der Waals surface area contributed by atoms with Gasteiger partial charge in [0.15, 0.2) is 9.84 Å². The van der Waals surface area contributed by atoms with Crippen LogP contribution in [0.5, 0.6) is 0 Å². The molecule has 1 fully saturated rings. The first-order chi connectivity index (χ1) is 12.4. The summed E-state index contributed by atoms with van der Waals surface area (Å²) in [5, 5.41) is 3.19. The minimum atomic E-state index is -3.04. The minimum Gasteiger partial charge on any atom is -0.348 e. The SMILES string of the molecule is CC(Nc1ncc(C(=O)N(C)C2CCS(=O)(=O)C2)cn1)c1ccccc1. The average Bonchev–Trinajstić information content (AvgIpc) is 3.01. The van der Waals surface area contributed by atoms with Crippen molar-refractivity contribution in [2.75, 3.05) is 23.9 Å². The molecule has 26 heavy (non-hydrogen) atoms. The third-order valence-corrected chi connectivity index (χ3v) is 6.37. The molecular formula is C18H22N4O3S. The topological polar surface area (TPSA) is 92.3 Å². The number of rotatable bonds is 5. The zero-order chi connectivity index (χ0) is 18.7. The minimum absolute atomic E-state index is 0.0182. The molecule has 1 saturated heterocycles. The van der Waals surface area contributed by atoms with Crippen LogP contribution in [0.3, 0.4) is 0 Å². The standard InChI is InChI=1S/C18H22N4O3S/c1-13(14-6-4-3-5-7-14)21-18-19-10-15(11-20-18)17(23)22(2)16-8-9-26(24,25)12-16/h3-7,10-11,13,16H,8-9,12H2,1-2H3,(H,19,20,21). The van der Waals surface area contributed by atoms with E-state index in [9.17, 15) is 13.2 Å². The van der Waals surface area contributed by atoms with Gasteiger partial charge in [0.05, 0.1) is 23.1 Å². The zero-order valence-electron chi connectivity index (χ0n) is 14.8. The number of carbonyl (C=O) groups excluding carboxylic acids is 1. The molecule has 0 aliphatic carbocycles. The number of nitrogens with one attached hydrogen (secondary N) is 1. The maximum atomic E-state index is 12.5. The number of aromatic nitrogens is 2. The predicted molar refractivity (Wildman–Crippen MR) is 99.7 cm³/mol. The Bertz CT molecular complexity index is 869. The van der Waals surface area contributed by atoms with Crippen molar-refractivity contribution in [3.63, 3.8) is 0 Å². The Hall–Kier alpha value is -2.48. The van der Waals surface area contributed by atoms with Crippen molar-refractivity contribution in [2.45, 2.75) is 25.4 Å². The molecule has 2 aromatic rings. The summed E-state index contributed by atoms with van der Waals surface area (Å²) in [6.07, 6.45) is 3.41. The lowest BCUT2D eigenvalue weighted by Gasteiger charge is -2.23. The summed E-state index contributed by atoms with van der Waals surface area (Å²) in [5.41, 5.74) is 1.45. The molecule has 0 bridgehead atoms. The van der Waals surface area contributed by atoms with E-state index >= 15 is 0 Å². The number of benzene rings is 1. The van der Waals surface area contributed by atoms with E-state index in [1.165, 1.54) is 17.3 Å². The molecule has 1 aliphatic heterocycles. The summed E-state index contributed by atoms with van der Waals surface area (Å²) in [7, 11) is -1.42. The van der Waals surface area contributed by atoms with Gasteiger partial charge in [0.2, 0.25) is 5.95 Å². The number of anilines is 1. The Morgan fingerprint density at radius 2 is 1.88 bits per heavy atom. The van der Waals surface area contributed by atoms with E-state index in [1.807, 2.05) is 37.3 Å². The van der Waals surface area contributed by atoms with E-state index < -0.39 is 9.84 Å². The van der Waals surface area contributed by atoms with Gasteiger partial charge >= 0.3 is 0 Å². The van der Waals surface area contributed by atoms with Crippen molar-refractivity contribution in [1.29, 1.82) is 0 Å². The fourth-order valence-corrected chi connectivity index (χ4v) is 4.76. The summed E-state index contributed by atoms with van der Waals surface area (Å²) in [6, 6.07) is 9.66. The maximum absolute atomic E-state index is 12.5. The average molecular weight is 374 g/mol. The molecule has 1 aliphatic rings. The van der Waals surface area contributed by atoms with Gasteiger partial charge in [0, 0.05) is 25.5 Å². The molecule has 8 heteroatoms. The molecule has 2 atom stereocenters. The van der Waals surface area contributed by atoms with Gasteiger partial charge in [-0.3, -0.25) is 4.79 Å². The van der Waals surface area contributed by atoms with Crippen molar-refractivity contribution in [3.05, 3.63) is 53.9 Å². The molecule has 1 aromatic carbocycles. The fraction of sp³-hybridized carbons (Fsp3) is 0.389. The molecular weight excluding hydrogens is 352 g/mol. The van der Waals surface area contributed by atoms with Gasteiger partial charge in [-0.25, -0.2) is 18.4 Å². The molecule has 3 rings (SSSR count). The highest BCUT2D eigenvalue weighted by Crippen LogP contribution is 2.19. The first-order valence-corrected chi connectivity index (χ1v) is 10.3. The first-order valence-electron chi connectivity index (χ1n) is 8.47. The summed E-state index contributed by atoms with van der Waals surface area (Å²) < 4.78 is 23.2. The number of nitrogens with zero attached hydrogens (tertiary/aromatic N) is 3. The summed E-state index contributed by atoms with van der Waals surface area (Å²) in [4.78, 5) is 22.4. The smallest absolute Gasteiger partial charge is 0.257 e. The Labute approximate surface area is 153 Å². The van der Waals surface area contributed by atoms with E-state index in [1.54, 1.807) is 7.05 Å². The van der Waals surface area contributed by atoms with Crippen molar-refractivity contribution >= 4 is 21.7 Å². The quantitative estimate of drug-likeness (QED) is 0.859. The van der Waals surface area contributed by atoms with E-state index in [2.05, 4.69) is 15.3 Å². The van der Waals surface area contributed by atoms with E-state index in [0.29, 0.717) is 17.9 Å². The molecule has 0 radical (unpaired) electrons. The van der Waals surface area contributed by atoms with Crippen LogP contribution in [0, 0.1) is 0 Å². The van der Waals surface area contributed by atoms with Crippen LogP contribution < -0.4 is 5.32 Å². The lowest BCUT2D eigenvalue weighted by Crippen LogP contribution is -2.37. The van der Waals surface area contributed by atoms with Crippen molar-refractivity contribution in [1.82, 2.24) is 14.9 Å². The number of carbonyl (C=O) groups is 1. The van der Waals surface area contributed by atoms with E-state index in [-0.39, 0.29) is 29.5 Å². The first kappa shape index (κ1) is 18.3. The third-order valence-electron chi connectivity index (χ3n) is 4.62. The Morgan fingerprint density at radius 1 is 1.23 bits per heavy atom. The Balaban J connectivity index is 1.64. The van der Waals surface area contributed by atoms with Crippen molar-refractivity contribution in [2.24, 2.45) is 0 Å². The third kappa shape index (κ3) is 4.19. The molecule has 2 heterocycles. The van der Waals surface area contributed by atoms with Crippen LogP contribution in [0.15, 0.2) is 42.7 Å². The Morgan fingerprint density at radius 3 is 2.46 bits per heavy atom. The monoisotopic (exact) mass is 374 g/mol. The highest BCUT2D eigenvalue weighted by molar-refractivity contribution is 7.91. The molecule has 1 aromatic heterocycles. The van der Waals surface area contributed by atoms with E-state index in [4.69, 9.17) is 0 Å². The number of hydrogen-bond acceptors (Lipinski definition) is 6. The molecule has 2 unspecified atom stereocenters. The van der Waals surface area contributed by atoms with Crippen LogP contribution in [0.4, 0.5) is 5.95 Å². The van der Waals surface area contributed by atoms with Crippen LogP contribution in [-0.4, -0.2) is 53.8 Å². The molecule has 138 valence electrons. The Kier molecular flexibility index (Phi) is 5.22. The van der Waals surface area contributed by atoms with Crippen LogP contribution in [-0.2, 0) is 9.84 Å².